The largest absolute Gasteiger partial charge is 0.389 e. The van der Waals surface area contributed by atoms with E-state index in [9.17, 15) is 14.3 Å². The van der Waals surface area contributed by atoms with E-state index in [0.29, 0.717) is 11.1 Å². The summed E-state index contributed by atoms with van der Waals surface area (Å²) < 4.78 is 13.4. The second kappa shape index (κ2) is 6.02. The zero-order valence-corrected chi connectivity index (χ0v) is 10.9. The molecule has 1 unspecified atom stereocenters. The van der Waals surface area contributed by atoms with E-state index in [1.54, 1.807) is 27.0 Å². The molecule has 94 valence electrons. The highest BCUT2D eigenvalue weighted by molar-refractivity contribution is 8.00. The number of rotatable bonds is 4. The topological polar surface area (TPSA) is 49.3 Å². The van der Waals surface area contributed by atoms with Gasteiger partial charge in [-0.1, -0.05) is 0 Å². The van der Waals surface area contributed by atoms with Gasteiger partial charge in [0.15, 0.2) is 0 Å². The van der Waals surface area contributed by atoms with Crippen molar-refractivity contribution in [2.75, 3.05) is 12.8 Å². The van der Waals surface area contributed by atoms with Gasteiger partial charge >= 0.3 is 0 Å². The van der Waals surface area contributed by atoms with Gasteiger partial charge in [-0.25, -0.2) is 4.39 Å². The fourth-order valence-corrected chi connectivity index (χ4v) is 2.42. The fraction of sp³-hybridized carbons (Fsp3) is 0.417. The van der Waals surface area contributed by atoms with Gasteiger partial charge in [-0.2, -0.15) is 0 Å². The van der Waals surface area contributed by atoms with Crippen LogP contribution in [0.4, 0.5) is 4.39 Å². The minimum Gasteiger partial charge on any atom is -0.389 e. The van der Waals surface area contributed by atoms with E-state index in [2.05, 4.69) is 5.32 Å². The van der Waals surface area contributed by atoms with Gasteiger partial charge in [0, 0.05) is 11.9 Å². The quantitative estimate of drug-likeness (QED) is 0.811. The van der Waals surface area contributed by atoms with Crippen LogP contribution in [0.15, 0.2) is 17.0 Å². The maximum Gasteiger partial charge on any atom is 0.230 e. The molecule has 17 heavy (non-hydrogen) atoms. The third kappa shape index (κ3) is 3.71. The molecule has 0 fully saturated rings. The molecule has 0 saturated carbocycles. The van der Waals surface area contributed by atoms with Crippen LogP contribution in [0.1, 0.15) is 24.2 Å². The zero-order chi connectivity index (χ0) is 13.0. The highest BCUT2D eigenvalue weighted by Crippen LogP contribution is 2.29. The molecular weight excluding hydrogens is 241 g/mol. The van der Waals surface area contributed by atoms with Crippen LogP contribution < -0.4 is 5.32 Å². The summed E-state index contributed by atoms with van der Waals surface area (Å²) in [5.74, 6) is -0.194. The number of aliphatic hydroxyl groups excluding tert-OH is 1. The third-order valence-electron chi connectivity index (χ3n) is 2.38. The number of hydrogen-bond acceptors (Lipinski definition) is 3. The molecule has 1 aromatic rings. The first-order chi connectivity index (χ1) is 7.95. The van der Waals surface area contributed by atoms with Gasteiger partial charge in [-0.15, -0.1) is 11.8 Å². The standard InChI is InChI=1S/C12H16FNO2S/c1-7-4-11(17-6-12(16)14-3)9(8(2)15)5-10(7)13/h4-5,8,15H,6H2,1-3H3,(H,14,16). The van der Waals surface area contributed by atoms with Crippen molar-refractivity contribution >= 4 is 17.7 Å². The molecule has 3 nitrogen and oxygen atoms in total. The number of benzene rings is 1. The first-order valence-corrected chi connectivity index (χ1v) is 6.25. The summed E-state index contributed by atoms with van der Waals surface area (Å²) in [7, 11) is 1.56. The highest BCUT2D eigenvalue weighted by Gasteiger charge is 2.13. The maximum absolute atomic E-state index is 13.4. The number of halogens is 1. The minimum absolute atomic E-state index is 0.103. The Morgan fingerprint density at radius 2 is 2.24 bits per heavy atom. The molecule has 0 aromatic heterocycles. The lowest BCUT2D eigenvalue weighted by molar-refractivity contribution is -0.118. The van der Waals surface area contributed by atoms with Gasteiger partial charge in [0.25, 0.3) is 0 Å². The molecule has 0 bridgehead atoms. The van der Waals surface area contributed by atoms with Gasteiger partial charge in [0.05, 0.1) is 11.9 Å². The lowest BCUT2D eigenvalue weighted by atomic mass is 10.1. The number of thioether (sulfide) groups is 1. The molecule has 5 heteroatoms. The summed E-state index contributed by atoms with van der Waals surface area (Å²) in [5.41, 5.74) is 1.02. The lowest BCUT2D eigenvalue weighted by Crippen LogP contribution is -2.19. The second-order valence-electron chi connectivity index (χ2n) is 3.78. The summed E-state index contributed by atoms with van der Waals surface area (Å²) >= 11 is 1.29. The van der Waals surface area contributed by atoms with Crippen LogP contribution in [-0.2, 0) is 4.79 Å². The average molecular weight is 257 g/mol. The SMILES string of the molecule is CNC(=O)CSc1cc(C)c(F)cc1C(C)O. The van der Waals surface area contributed by atoms with E-state index in [4.69, 9.17) is 0 Å². The molecule has 0 aliphatic carbocycles. The van der Waals surface area contributed by atoms with Gasteiger partial charge in [-0.3, -0.25) is 4.79 Å². The van der Waals surface area contributed by atoms with Crippen molar-refractivity contribution < 1.29 is 14.3 Å². The summed E-state index contributed by atoms with van der Waals surface area (Å²) in [5, 5.41) is 12.1. The van der Waals surface area contributed by atoms with Crippen LogP contribution in [0.3, 0.4) is 0 Å². The van der Waals surface area contributed by atoms with Crippen molar-refractivity contribution in [2.24, 2.45) is 0 Å². The smallest absolute Gasteiger partial charge is 0.230 e. The Bertz CT molecular complexity index is 421. The molecule has 1 aromatic carbocycles. The summed E-state index contributed by atoms with van der Waals surface area (Å²) in [6.45, 7) is 3.24. The van der Waals surface area contributed by atoms with E-state index < -0.39 is 6.10 Å². The molecule has 0 aliphatic rings. The molecule has 1 rings (SSSR count). The Morgan fingerprint density at radius 1 is 1.59 bits per heavy atom. The van der Waals surface area contributed by atoms with Crippen molar-refractivity contribution in [3.05, 3.63) is 29.1 Å². The maximum atomic E-state index is 13.4. The molecule has 0 radical (unpaired) electrons. The highest BCUT2D eigenvalue weighted by atomic mass is 32.2. The van der Waals surface area contributed by atoms with Crippen LogP contribution in [-0.4, -0.2) is 23.8 Å². The predicted molar refractivity (Wildman–Crippen MR) is 66.6 cm³/mol. The summed E-state index contributed by atoms with van der Waals surface area (Å²) in [6, 6.07) is 2.98. The predicted octanol–water partition coefficient (Wildman–Crippen LogP) is 2.03. The van der Waals surface area contributed by atoms with E-state index >= 15 is 0 Å². The molecular formula is C12H16FNO2S. The first-order valence-electron chi connectivity index (χ1n) is 5.27. The molecule has 1 amide bonds. The molecule has 1 atom stereocenters. The fourth-order valence-electron chi connectivity index (χ4n) is 1.34. The normalized spacial score (nSPS) is 12.3. The Hall–Kier alpha value is -1.07. The van der Waals surface area contributed by atoms with Gasteiger partial charge in [-0.05, 0) is 37.1 Å². The van der Waals surface area contributed by atoms with Gasteiger partial charge < -0.3 is 10.4 Å². The van der Waals surface area contributed by atoms with Crippen molar-refractivity contribution in [3.63, 3.8) is 0 Å². The van der Waals surface area contributed by atoms with E-state index in [1.165, 1.54) is 17.8 Å². The van der Waals surface area contributed by atoms with Crippen LogP contribution in [0.5, 0.6) is 0 Å². The van der Waals surface area contributed by atoms with Crippen LogP contribution in [0.2, 0.25) is 0 Å². The Labute approximate surface area is 104 Å². The van der Waals surface area contributed by atoms with Gasteiger partial charge in [0.2, 0.25) is 5.91 Å². The number of nitrogens with one attached hydrogen (secondary N) is 1. The number of hydrogen-bond donors (Lipinski definition) is 2. The second-order valence-corrected chi connectivity index (χ2v) is 4.79. The van der Waals surface area contributed by atoms with Crippen molar-refractivity contribution in [3.8, 4) is 0 Å². The van der Waals surface area contributed by atoms with Crippen LogP contribution in [0, 0.1) is 12.7 Å². The van der Waals surface area contributed by atoms with Crippen LogP contribution >= 0.6 is 11.8 Å². The zero-order valence-electron chi connectivity index (χ0n) is 10.1. The van der Waals surface area contributed by atoms with Crippen LogP contribution in [0.25, 0.3) is 0 Å². The minimum atomic E-state index is -0.753. The van der Waals surface area contributed by atoms with Crippen molar-refractivity contribution in [1.82, 2.24) is 5.32 Å². The summed E-state index contributed by atoms with van der Waals surface area (Å²) in [4.78, 5) is 11.9. The molecule has 2 N–H and O–H groups in total. The summed E-state index contributed by atoms with van der Waals surface area (Å²) in [6.07, 6.45) is -0.753. The number of amides is 1. The van der Waals surface area contributed by atoms with E-state index in [0.717, 1.165) is 4.90 Å². The molecule has 0 saturated heterocycles. The van der Waals surface area contributed by atoms with E-state index in [-0.39, 0.29) is 17.5 Å². The molecule has 0 aliphatic heterocycles. The van der Waals surface area contributed by atoms with Gasteiger partial charge in [0.1, 0.15) is 5.82 Å². The monoisotopic (exact) mass is 257 g/mol. The van der Waals surface area contributed by atoms with E-state index in [1.807, 2.05) is 0 Å². The number of aliphatic hydroxyl groups is 1. The number of carbonyl (C=O) groups is 1. The van der Waals surface area contributed by atoms with Crippen molar-refractivity contribution in [2.45, 2.75) is 24.8 Å². The Balaban J connectivity index is 2.96. The lowest BCUT2D eigenvalue weighted by Gasteiger charge is -2.13. The Morgan fingerprint density at radius 3 is 2.76 bits per heavy atom. The molecule has 0 spiro atoms. The number of carbonyl (C=O) groups excluding carboxylic acids is 1. The Kier molecular flexibility index (Phi) is 4.96. The van der Waals surface area contributed by atoms with Crippen molar-refractivity contribution in [1.29, 1.82) is 0 Å². The average Bonchev–Trinajstić information content (AvgIpc) is 2.29. The number of aryl methyl sites for hydroxylation is 1. The third-order valence-corrected chi connectivity index (χ3v) is 3.45. The first kappa shape index (κ1) is 14.0. The molecule has 0 heterocycles.